The summed E-state index contributed by atoms with van der Waals surface area (Å²) in [6, 6.07) is 11.8. The van der Waals surface area contributed by atoms with Crippen molar-refractivity contribution >= 4 is 23.2 Å². The molecule has 6 nitrogen and oxygen atoms in total. The molecule has 29 heavy (non-hydrogen) atoms. The minimum Gasteiger partial charge on any atom is -0.351 e. The fraction of sp³-hybridized carbons (Fsp3) is 0.318. The number of thiophene rings is 1. The molecule has 2 aromatic heterocycles. The lowest BCUT2D eigenvalue weighted by molar-refractivity contribution is 0.0947. The van der Waals surface area contributed by atoms with Crippen molar-refractivity contribution in [3.63, 3.8) is 0 Å². The van der Waals surface area contributed by atoms with Gasteiger partial charge in [-0.25, -0.2) is 4.68 Å². The normalized spacial score (nSPS) is 12.6. The fourth-order valence-corrected chi connectivity index (χ4v) is 4.33. The van der Waals surface area contributed by atoms with E-state index in [1.807, 2.05) is 34.3 Å². The Morgan fingerprint density at radius 3 is 2.62 bits per heavy atom. The Hall–Kier alpha value is -2.93. The van der Waals surface area contributed by atoms with E-state index in [0.29, 0.717) is 30.1 Å². The van der Waals surface area contributed by atoms with E-state index in [2.05, 4.69) is 28.7 Å². The van der Waals surface area contributed by atoms with Gasteiger partial charge in [-0.2, -0.15) is 5.10 Å². The van der Waals surface area contributed by atoms with Crippen LogP contribution in [-0.2, 0) is 12.8 Å². The fourth-order valence-electron chi connectivity index (χ4n) is 3.69. The summed E-state index contributed by atoms with van der Waals surface area (Å²) >= 11 is 1.42. The molecule has 0 saturated heterocycles. The van der Waals surface area contributed by atoms with Crippen LogP contribution in [0.4, 0.5) is 0 Å². The Kier molecular flexibility index (Phi) is 5.76. The molecule has 0 radical (unpaired) electrons. The molecule has 0 spiro atoms. The number of carbonyl (C=O) groups excluding carboxylic acids is 2. The molecule has 0 unspecified atom stereocenters. The minimum absolute atomic E-state index is 0.0684. The molecular formula is C22H24N4O2S. The third-order valence-corrected chi connectivity index (χ3v) is 6.03. The van der Waals surface area contributed by atoms with Crippen LogP contribution in [0.3, 0.4) is 0 Å². The smallest absolute Gasteiger partial charge is 0.272 e. The average molecular weight is 409 g/mol. The maximum atomic E-state index is 12.7. The number of aryl methyl sites for hydroxylation is 1. The van der Waals surface area contributed by atoms with Crippen molar-refractivity contribution in [1.29, 1.82) is 0 Å². The van der Waals surface area contributed by atoms with Gasteiger partial charge in [0.1, 0.15) is 0 Å². The van der Waals surface area contributed by atoms with Crippen LogP contribution in [0.5, 0.6) is 0 Å². The zero-order valence-electron chi connectivity index (χ0n) is 16.4. The summed E-state index contributed by atoms with van der Waals surface area (Å²) in [5.74, 6) is -0.207. The van der Waals surface area contributed by atoms with Gasteiger partial charge in [-0.3, -0.25) is 9.59 Å². The molecule has 0 bridgehead atoms. The van der Waals surface area contributed by atoms with Crippen molar-refractivity contribution in [2.45, 2.75) is 32.6 Å². The summed E-state index contributed by atoms with van der Waals surface area (Å²) < 4.78 is 1.94. The molecule has 7 heteroatoms. The first-order valence-corrected chi connectivity index (χ1v) is 10.8. The number of carbonyl (C=O) groups is 2. The molecule has 0 atom stereocenters. The van der Waals surface area contributed by atoms with Crippen LogP contribution in [0.15, 0.2) is 41.8 Å². The molecular weight excluding hydrogens is 384 g/mol. The topological polar surface area (TPSA) is 76.0 Å². The lowest BCUT2D eigenvalue weighted by Crippen LogP contribution is -2.30. The summed E-state index contributed by atoms with van der Waals surface area (Å²) in [5, 5.41) is 12.4. The first kappa shape index (κ1) is 19.4. The molecule has 150 valence electrons. The van der Waals surface area contributed by atoms with Crippen LogP contribution >= 0.6 is 11.3 Å². The third kappa shape index (κ3) is 4.10. The summed E-state index contributed by atoms with van der Waals surface area (Å²) in [7, 11) is 0. The number of amides is 2. The van der Waals surface area contributed by atoms with Gasteiger partial charge in [0.25, 0.3) is 11.8 Å². The van der Waals surface area contributed by atoms with Gasteiger partial charge in [-0.1, -0.05) is 24.3 Å². The number of benzene rings is 1. The molecule has 0 saturated carbocycles. The molecule has 1 aromatic carbocycles. The second kappa shape index (κ2) is 8.61. The quantitative estimate of drug-likeness (QED) is 0.589. The van der Waals surface area contributed by atoms with Crippen LogP contribution < -0.4 is 10.6 Å². The maximum Gasteiger partial charge on any atom is 0.272 e. The molecule has 2 N–H and O–H groups in total. The van der Waals surface area contributed by atoms with Crippen molar-refractivity contribution in [2.24, 2.45) is 0 Å². The highest BCUT2D eigenvalue weighted by Gasteiger charge is 2.27. The van der Waals surface area contributed by atoms with Crippen LogP contribution in [0.1, 0.15) is 49.8 Å². The van der Waals surface area contributed by atoms with Crippen molar-refractivity contribution in [3.8, 4) is 5.69 Å². The number of hydrogen-bond acceptors (Lipinski definition) is 4. The van der Waals surface area contributed by atoms with Crippen LogP contribution in [0.2, 0.25) is 0 Å². The number of nitrogens with zero attached hydrogens (tertiary/aromatic N) is 2. The van der Waals surface area contributed by atoms with Crippen LogP contribution in [0, 0.1) is 6.92 Å². The van der Waals surface area contributed by atoms with Gasteiger partial charge in [-0.05, 0) is 55.7 Å². The first-order valence-electron chi connectivity index (χ1n) is 9.92. The minimum atomic E-state index is -0.139. The van der Waals surface area contributed by atoms with E-state index >= 15 is 0 Å². The van der Waals surface area contributed by atoms with Crippen molar-refractivity contribution < 1.29 is 9.59 Å². The Bertz CT molecular complexity index is 1020. The molecule has 1 aliphatic carbocycles. The zero-order valence-corrected chi connectivity index (χ0v) is 17.2. The maximum absolute atomic E-state index is 12.7. The summed E-state index contributed by atoms with van der Waals surface area (Å²) in [6.07, 6.45) is 3.55. The predicted octanol–water partition coefficient (Wildman–Crippen LogP) is 3.28. The summed E-state index contributed by atoms with van der Waals surface area (Å²) in [4.78, 5) is 25.4. The molecule has 1 aliphatic rings. The van der Waals surface area contributed by atoms with E-state index in [4.69, 9.17) is 0 Å². The summed E-state index contributed by atoms with van der Waals surface area (Å²) in [6.45, 7) is 3.07. The van der Waals surface area contributed by atoms with E-state index in [1.54, 1.807) is 6.07 Å². The largest absolute Gasteiger partial charge is 0.351 e. The number of nitrogens with one attached hydrogen (secondary N) is 2. The van der Waals surface area contributed by atoms with E-state index < -0.39 is 0 Å². The SMILES string of the molecule is Cc1ccccc1-n1nc(C(=O)NCCCNC(=O)c2cccs2)c2c1CCC2. The Morgan fingerprint density at radius 1 is 1.07 bits per heavy atom. The number of hydrogen-bond donors (Lipinski definition) is 2. The number of aromatic nitrogens is 2. The number of fused-ring (bicyclic) bond motifs is 1. The van der Waals surface area contributed by atoms with Gasteiger partial charge >= 0.3 is 0 Å². The molecule has 0 fully saturated rings. The van der Waals surface area contributed by atoms with Gasteiger partial charge in [0.15, 0.2) is 5.69 Å². The first-order chi connectivity index (χ1) is 14.1. The molecule has 2 heterocycles. The second-order valence-corrected chi connectivity index (χ2v) is 8.12. The average Bonchev–Trinajstić information content (AvgIpc) is 3.46. The van der Waals surface area contributed by atoms with Crippen molar-refractivity contribution in [1.82, 2.24) is 20.4 Å². The number of para-hydroxylation sites is 1. The zero-order chi connectivity index (χ0) is 20.2. The molecule has 0 aliphatic heterocycles. The van der Waals surface area contributed by atoms with Gasteiger partial charge in [0.05, 0.1) is 10.6 Å². The van der Waals surface area contributed by atoms with Gasteiger partial charge in [0.2, 0.25) is 0 Å². The molecule has 3 aromatic rings. The number of rotatable bonds is 7. The van der Waals surface area contributed by atoms with E-state index in [0.717, 1.165) is 41.8 Å². The Morgan fingerprint density at radius 2 is 1.86 bits per heavy atom. The predicted molar refractivity (Wildman–Crippen MR) is 114 cm³/mol. The highest BCUT2D eigenvalue weighted by Crippen LogP contribution is 2.28. The highest BCUT2D eigenvalue weighted by atomic mass is 32.1. The third-order valence-electron chi connectivity index (χ3n) is 5.16. The van der Waals surface area contributed by atoms with Crippen LogP contribution in [0.25, 0.3) is 5.69 Å². The lowest BCUT2D eigenvalue weighted by atomic mass is 10.2. The molecule has 4 rings (SSSR count). The van der Waals surface area contributed by atoms with E-state index in [1.165, 1.54) is 11.3 Å². The highest BCUT2D eigenvalue weighted by molar-refractivity contribution is 7.12. The van der Waals surface area contributed by atoms with Gasteiger partial charge < -0.3 is 10.6 Å². The van der Waals surface area contributed by atoms with Gasteiger partial charge in [0, 0.05) is 24.3 Å². The van der Waals surface area contributed by atoms with Crippen molar-refractivity contribution in [2.75, 3.05) is 13.1 Å². The monoisotopic (exact) mass is 408 g/mol. The standard InChI is InChI=1S/C22H24N4O2S/c1-15-7-2-3-9-17(15)26-18-10-4-8-16(18)20(25-26)22(28)24-13-6-12-23-21(27)19-11-5-14-29-19/h2-3,5,7,9,11,14H,4,6,8,10,12-13H2,1H3,(H,23,27)(H,24,28). The molecule has 2 amide bonds. The Labute approximate surface area is 173 Å². The van der Waals surface area contributed by atoms with Crippen molar-refractivity contribution in [3.05, 3.63) is 69.2 Å². The Balaban J connectivity index is 1.36. The van der Waals surface area contributed by atoms with Crippen LogP contribution in [-0.4, -0.2) is 34.7 Å². The summed E-state index contributed by atoms with van der Waals surface area (Å²) in [5.41, 5.74) is 4.91. The van der Waals surface area contributed by atoms with E-state index in [9.17, 15) is 9.59 Å². The van der Waals surface area contributed by atoms with Gasteiger partial charge in [-0.15, -0.1) is 11.3 Å². The second-order valence-electron chi connectivity index (χ2n) is 7.17. The lowest BCUT2D eigenvalue weighted by Gasteiger charge is -2.08. The van der Waals surface area contributed by atoms with E-state index in [-0.39, 0.29) is 11.8 Å².